The summed E-state index contributed by atoms with van der Waals surface area (Å²) in [4.78, 5) is 20.7. The van der Waals surface area contributed by atoms with Crippen LogP contribution in [0.4, 0.5) is 10.6 Å². The molecule has 7 nitrogen and oxygen atoms in total. The summed E-state index contributed by atoms with van der Waals surface area (Å²) in [6.45, 7) is 9.16. The average Bonchev–Trinajstić information content (AvgIpc) is 3.37. The summed E-state index contributed by atoms with van der Waals surface area (Å²) in [6.07, 6.45) is 1.73. The van der Waals surface area contributed by atoms with Gasteiger partial charge in [-0.3, -0.25) is 0 Å². The largest absolute Gasteiger partial charge is 0.506 e. The van der Waals surface area contributed by atoms with Crippen molar-refractivity contribution in [2.24, 2.45) is 0 Å². The number of hydrogen-bond acceptors (Lipinski definition) is 6. The lowest BCUT2D eigenvalue weighted by atomic mass is 10.1. The molecular formula is C19H26N4O3. The number of amides is 1. The molecule has 1 atom stereocenters. The third-order valence-corrected chi connectivity index (χ3v) is 4.65. The van der Waals surface area contributed by atoms with Crippen LogP contribution in [-0.4, -0.2) is 52.4 Å². The van der Waals surface area contributed by atoms with E-state index >= 15 is 0 Å². The summed E-state index contributed by atoms with van der Waals surface area (Å²) >= 11 is 0. The first-order valence-corrected chi connectivity index (χ1v) is 9.08. The first-order chi connectivity index (χ1) is 12.2. The molecule has 1 amide bonds. The molecule has 2 aliphatic rings. The Balaban J connectivity index is 1.78. The van der Waals surface area contributed by atoms with Gasteiger partial charge in [-0.15, -0.1) is 0 Å². The normalized spacial score (nSPS) is 20.7. The van der Waals surface area contributed by atoms with E-state index in [4.69, 9.17) is 4.74 Å². The van der Waals surface area contributed by atoms with Gasteiger partial charge in [-0.25, -0.2) is 9.78 Å². The first-order valence-electron chi connectivity index (χ1n) is 9.08. The van der Waals surface area contributed by atoms with Crippen molar-refractivity contribution < 1.29 is 14.6 Å². The number of aromatic nitrogens is 1. The Morgan fingerprint density at radius 2 is 2.08 bits per heavy atom. The van der Waals surface area contributed by atoms with Gasteiger partial charge in [-0.2, -0.15) is 5.26 Å². The Morgan fingerprint density at radius 3 is 2.62 bits per heavy atom. The minimum absolute atomic E-state index is 0.0647. The van der Waals surface area contributed by atoms with E-state index in [2.05, 4.69) is 11.1 Å². The summed E-state index contributed by atoms with van der Waals surface area (Å²) in [6, 6.07) is 3.58. The van der Waals surface area contributed by atoms with Gasteiger partial charge < -0.3 is 19.6 Å². The fourth-order valence-corrected chi connectivity index (χ4v) is 3.23. The van der Waals surface area contributed by atoms with Crippen LogP contribution < -0.4 is 4.90 Å². The van der Waals surface area contributed by atoms with Crippen LogP contribution in [0, 0.1) is 11.3 Å². The van der Waals surface area contributed by atoms with Crippen LogP contribution in [0.15, 0.2) is 6.07 Å². The second-order valence-electron chi connectivity index (χ2n) is 8.12. The molecule has 0 bridgehead atoms. The summed E-state index contributed by atoms with van der Waals surface area (Å²) in [7, 11) is 0. The zero-order chi connectivity index (χ0) is 19.1. The van der Waals surface area contributed by atoms with Crippen molar-refractivity contribution in [3.63, 3.8) is 0 Å². The number of carbonyl (C=O) groups is 1. The van der Waals surface area contributed by atoms with Crippen LogP contribution in [0.1, 0.15) is 57.7 Å². The lowest BCUT2D eigenvalue weighted by Gasteiger charge is -2.41. The van der Waals surface area contributed by atoms with Gasteiger partial charge >= 0.3 is 6.09 Å². The molecule has 3 rings (SSSR count). The van der Waals surface area contributed by atoms with E-state index in [9.17, 15) is 15.2 Å². The third kappa shape index (κ3) is 3.85. The molecule has 26 heavy (non-hydrogen) atoms. The van der Waals surface area contributed by atoms with Crippen LogP contribution in [0.2, 0.25) is 0 Å². The standard InChI is InChI=1S/C19H26N4O3/c1-12-11-22(7-8-23(12)18(25)26-19(2,3)4)17-14(10-20)9-15(24)16(21-17)13-5-6-13/h9,12-13,24H,5-8,11H2,1-4H3/t12-/m1/s1. The molecule has 1 N–H and O–H groups in total. The van der Waals surface area contributed by atoms with Gasteiger partial charge in [-0.05, 0) is 40.5 Å². The van der Waals surface area contributed by atoms with E-state index < -0.39 is 5.60 Å². The van der Waals surface area contributed by atoms with Crippen molar-refractivity contribution >= 4 is 11.9 Å². The van der Waals surface area contributed by atoms with Crippen molar-refractivity contribution in [3.8, 4) is 11.8 Å². The number of aromatic hydroxyl groups is 1. The second kappa shape index (κ2) is 6.67. The molecule has 7 heteroatoms. The number of pyridine rings is 1. The lowest BCUT2D eigenvalue weighted by Crippen LogP contribution is -2.55. The predicted molar refractivity (Wildman–Crippen MR) is 97.2 cm³/mol. The van der Waals surface area contributed by atoms with Crippen LogP contribution in [-0.2, 0) is 4.74 Å². The molecular weight excluding hydrogens is 332 g/mol. The summed E-state index contributed by atoms with van der Waals surface area (Å²) < 4.78 is 5.48. The van der Waals surface area contributed by atoms with E-state index in [1.54, 1.807) is 4.90 Å². The Morgan fingerprint density at radius 1 is 1.38 bits per heavy atom. The molecule has 1 saturated heterocycles. The molecule has 1 aromatic heterocycles. The summed E-state index contributed by atoms with van der Waals surface area (Å²) in [5.41, 5.74) is 0.519. The maximum absolute atomic E-state index is 12.4. The third-order valence-electron chi connectivity index (χ3n) is 4.65. The van der Waals surface area contributed by atoms with Gasteiger partial charge in [-0.1, -0.05) is 0 Å². The monoisotopic (exact) mass is 358 g/mol. The highest BCUT2D eigenvalue weighted by Crippen LogP contribution is 2.44. The van der Waals surface area contributed by atoms with Crippen molar-refractivity contribution in [1.29, 1.82) is 5.26 Å². The van der Waals surface area contributed by atoms with Gasteiger partial charge in [0.05, 0.1) is 11.3 Å². The number of piperazine rings is 1. The van der Waals surface area contributed by atoms with Gasteiger partial charge in [0.15, 0.2) is 0 Å². The molecule has 1 aliphatic heterocycles. The van der Waals surface area contributed by atoms with Gasteiger partial charge in [0, 0.05) is 37.7 Å². The van der Waals surface area contributed by atoms with E-state index in [0.717, 1.165) is 12.8 Å². The highest BCUT2D eigenvalue weighted by Gasteiger charge is 2.34. The maximum atomic E-state index is 12.4. The lowest BCUT2D eigenvalue weighted by molar-refractivity contribution is 0.0158. The van der Waals surface area contributed by atoms with E-state index in [-0.39, 0.29) is 17.9 Å². The molecule has 1 aliphatic carbocycles. The zero-order valence-corrected chi connectivity index (χ0v) is 15.8. The number of nitriles is 1. The molecule has 1 aromatic rings. The summed E-state index contributed by atoms with van der Waals surface area (Å²) in [5.74, 6) is 0.998. The SMILES string of the molecule is C[C@@H]1CN(c2nc(C3CC3)c(O)cc2C#N)CCN1C(=O)OC(C)(C)C. The predicted octanol–water partition coefficient (Wildman–Crippen LogP) is 2.98. The van der Waals surface area contributed by atoms with E-state index in [0.29, 0.717) is 42.6 Å². The molecule has 2 heterocycles. The van der Waals surface area contributed by atoms with Crippen LogP contribution >= 0.6 is 0 Å². The van der Waals surface area contributed by atoms with E-state index in [1.165, 1.54) is 6.07 Å². The average molecular weight is 358 g/mol. The number of anilines is 1. The van der Waals surface area contributed by atoms with Crippen molar-refractivity contribution in [3.05, 3.63) is 17.3 Å². The van der Waals surface area contributed by atoms with Crippen molar-refractivity contribution in [2.45, 2.75) is 58.1 Å². The quantitative estimate of drug-likeness (QED) is 0.874. The fraction of sp³-hybridized carbons (Fsp3) is 0.632. The van der Waals surface area contributed by atoms with Gasteiger partial charge in [0.2, 0.25) is 0 Å². The highest BCUT2D eigenvalue weighted by atomic mass is 16.6. The Labute approximate surface area is 154 Å². The number of ether oxygens (including phenoxy) is 1. The molecule has 1 saturated carbocycles. The van der Waals surface area contributed by atoms with Crippen molar-refractivity contribution in [1.82, 2.24) is 9.88 Å². The molecule has 0 aromatic carbocycles. The Kier molecular flexibility index (Phi) is 4.70. The van der Waals surface area contributed by atoms with E-state index in [1.807, 2.05) is 32.6 Å². The molecule has 0 radical (unpaired) electrons. The Bertz CT molecular complexity index is 746. The number of nitrogens with zero attached hydrogens (tertiary/aromatic N) is 4. The molecule has 0 unspecified atom stereocenters. The number of hydrogen-bond donors (Lipinski definition) is 1. The minimum atomic E-state index is -0.528. The summed E-state index contributed by atoms with van der Waals surface area (Å²) in [5, 5.41) is 19.6. The van der Waals surface area contributed by atoms with Crippen LogP contribution in [0.25, 0.3) is 0 Å². The zero-order valence-electron chi connectivity index (χ0n) is 15.8. The minimum Gasteiger partial charge on any atom is -0.506 e. The topological polar surface area (TPSA) is 89.7 Å². The first kappa shape index (κ1) is 18.3. The molecule has 2 fully saturated rings. The number of carbonyl (C=O) groups excluding carboxylic acids is 1. The number of rotatable bonds is 2. The molecule has 0 spiro atoms. The second-order valence-corrected chi connectivity index (χ2v) is 8.12. The molecule has 140 valence electrons. The fourth-order valence-electron chi connectivity index (χ4n) is 3.23. The van der Waals surface area contributed by atoms with Gasteiger partial charge in [0.25, 0.3) is 0 Å². The highest BCUT2D eigenvalue weighted by molar-refractivity contribution is 5.69. The smallest absolute Gasteiger partial charge is 0.410 e. The Hall–Kier alpha value is -2.49. The van der Waals surface area contributed by atoms with Crippen molar-refractivity contribution in [2.75, 3.05) is 24.5 Å². The maximum Gasteiger partial charge on any atom is 0.410 e. The van der Waals surface area contributed by atoms with Crippen LogP contribution in [0.3, 0.4) is 0 Å². The van der Waals surface area contributed by atoms with Crippen LogP contribution in [0.5, 0.6) is 5.75 Å². The van der Waals surface area contributed by atoms with Gasteiger partial charge in [0.1, 0.15) is 23.2 Å².